The molecule has 0 aliphatic rings. The minimum absolute atomic E-state index is 0.502. The van der Waals surface area contributed by atoms with Gasteiger partial charge in [0.05, 0.1) is 7.11 Å². The fraction of sp³-hybridized carbons (Fsp3) is 0.222. The second kappa shape index (κ2) is 6.96. The summed E-state index contributed by atoms with van der Waals surface area (Å²) in [5.74, 6) is -0.825. The number of ether oxygens (including phenoxy) is 1. The summed E-state index contributed by atoms with van der Waals surface area (Å²) in [6.45, 7) is 5.78. The predicted molar refractivity (Wildman–Crippen MR) is 90.9 cm³/mol. The van der Waals surface area contributed by atoms with Gasteiger partial charge in [0.2, 0.25) is 0 Å². The summed E-state index contributed by atoms with van der Waals surface area (Å²) in [7, 11) is 1.54. The molecule has 2 rings (SSSR count). The molecule has 2 amide bonds. The monoisotopic (exact) mass is 312 g/mol. The Morgan fingerprint density at radius 3 is 2.13 bits per heavy atom. The Labute approximate surface area is 135 Å². The number of anilines is 2. The van der Waals surface area contributed by atoms with Crippen LogP contribution >= 0.6 is 0 Å². The number of carbonyl (C=O) groups is 2. The molecule has 2 N–H and O–H groups in total. The highest BCUT2D eigenvalue weighted by molar-refractivity contribution is 6.43. The van der Waals surface area contributed by atoms with E-state index in [2.05, 4.69) is 10.6 Å². The molecule has 0 fully saturated rings. The number of amides is 2. The van der Waals surface area contributed by atoms with Crippen molar-refractivity contribution >= 4 is 23.2 Å². The Balaban J connectivity index is 2.10. The van der Waals surface area contributed by atoms with E-state index in [9.17, 15) is 9.59 Å². The molecule has 0 aliphatic heterocycles. The van der Waals surface area contributed by atoms with Crippen molar-refractivity contribution in [1.29, 1.82) is 0 Å². The van der Waals surface area contributed by atoms with E-state index < -0.39 is 11.8 Å². The van der Waals surface area contributed by atoms with E-state index in [1.807, 2.05) is 32.9 Å². The van der Waals surface area contributed by atoms with Crippen LogP contribution < -0.4 is 15.4 Å². The van der Waals surface area contributed by atoms with Crippen LogP contribution in [0.2, 0.25) is 0 Å². The highest BCUT2D eigenvalue weighted by Gasteiger charge is 2.16. The largest absolute Gasteiger partial charge is 0.497 e. The summed E-state index contributed by atoms with van der Waals surface area (Å²) in [6.07, 6.45) is 0. The lowest BCUT2D eigenvalue weighted by Gasteiger charge is -2.13. The van der Waals surface area contributed by atoms with Crippen LogP contribution in [0.15, 0.2) is 36.4 Å². The predicted octanol–water partition coefficient (Wildman–Crippen LogP) is 3.20. The average molecular weight is 312 g/mol. The van der Waals surface area contributed by atoms with E-state index in [-0.39, 0.29) is 0 Å². The molecule has 0 saturated heterocycles. The highest BCUT2D eigenvalue weighted by atomic mass is 16.5. The molecule has 0 heterocycles. The van der Waals surface area contributed by atoms with Crippen molar-refractivity contribution < 1.29 is 14.3 Å². The Hall–Kier alpha value is -2.82. The molecule has 0 aliphatic carbocycles. The zero-order chi connectivity index (χ0) is 17.0. The third-order valence-electron chi connectivity index (χ3n) is 3.45. The molecule has 5 heteroatoms. The van der Waals surface area contributed by atoms with Gasteiger partial charge in [-0.25, -0.2) is 0 Å². The zero-order valence-electron chi connectivity index (χ0n) is 13.7. The van der Waals surface area contributed by atoms with Crippen LogP contribution in [0.3, 0.4) is 0 Å². The van der Waals surface area contributed by atoms with Crippen LogP contribution in [0, 0.1) is 20.8 Å². The van der Waals surface area contributed by atoms with Gasteiger partial charge < -0.3 is 15.4 Å². The van der Waals surface area contributed by atoms with E-state index in [4.69, 9.17) is 4.74 Å². The van der Waals surface area contributed by atoms with Gasteiger partial charge >= 0.3 is 11.8 Å². The number of benzene rings is 2. The first kappa shape index (κ1) is 16.5. The Morgan fingerprint density at radius 2 is 1.52 bits per heavy atom. The summed E-state index contributed by atoms with van der Waals surface area (Å²) in [5, 5.41) is 5.23. The van der Waals surface area contributed by atoms with E-state index in [1.54, 1.807) is 24.3 Å². The molecular weight excluding hydrogens is 292 g/mol. The SMILES string of the molecule is COc1cccc(NC(=O)C(=O)Nc2c(C)cc(C)cc2C)c1. The van der Waals surface area contributed by atoms with Crippen LogP contribution in [0.5, 0.6) is 5.75 Å². The maximum Gasteiger partial charge on any atom is 0.314 e. The third kappa shape index (κ3) is 4.10. The quantitative estimate of drug-likeness (QED) is 0.855. The van der Waals surface area contributed by atoms with Crippen molar-refractivity contribution in [2.24, 2.45) is 0 Å². The van der Waals surface area contributed by atoms with Crippen LogP contribution in [-0.4, -0.2) is 18.9 Å². The fourth-order valence-electron chi connectivity index (χ4n) is 2.44. The summed E-state index contributed by atoms with van der Waals surface area (Å²) in [5.41, 5.74) is 4.12. The van der Waals surface area contributed by atoms with Gasteiger partial charge in [-0.3, -0.25) is 9.59 Å². The van der Waals surface area contributed by atoms with E-state index >= 15 is 0 Å². The van der Waals surface area contributed by atoms with Crippen molar-refractivity contribution in [3.8, 4) is 5.75 Å². The number of carbonyl (C=O) groups excluding carboxylic acids is 2. The number of hydrogen-bond acceptors (Lipinski definition) is 3. The summed E-state index contributed by atoms with van der Waals surface area (Å²) in [4.78, 5) is 24.1. The van der Waals surface area contributed by atoms with Gasteiger partial charge in [-0.2, -0.15) is 0 Å². The Kier molecular flexibility index (Phi) is 5.01. The number of nitrogens with one attached hydrogen (secondary N) is 2. The van der Waals surface area contributed by atoms with Gasteiger partial charge in [0, 0.05) is 17.4 Å². The topological polar surface area (TPSA) is 67.4 Å². The number of aryl methyl sites for hydroxylation is 3. The first-order chi connectivity index (χ1) is 10.9. The zero-order valence-corrected chi connectivity index (χ0v) is 13.7. The van der Waals surface area contributed by atoms with Crippen molar-refractivity contribution in [2.75, 3.05) is 17.7 Å². The first-order valence-corrected chi connectivity index (χ1v) is 7.25. The van der Waals surface area contributed by atoms with Crippen LogP contribution in [0.25, 0.3) is 0 Å². The van der Waals surface area contributed by atoms with Gasteiger partial charge in [0.15, 0.2) is 0 Å². The van der Waals surface area contributed by atoms with E-state index in [0.29, 0.717) is 17.1 Å². The lowest BCUT2D eigenvalue weighted by atomic mass is 10.1. The van der Waals surface area contributed by atoms with Crippen molar-refractivity contribution in [1.82, 2.24) is 0 Å². The van der Waals surface area contributed by atoms with Gasteiger partial charge in [-0.05, 0) is 44.0 Å². The van der Waals surface area contributed by atoms with Gasteiger partial charge in [0.1, 0.15) is 5.75 Å². The number of rotatable bonds is 3. The van der Waals surface area contributed by atoms with Crippen molar-refractivity contribution in [3.05, 3.63) is 53.1 Å². The molecule has 23 heavy (non-hydrogen) atoms. The second-order valence-electron chi connectivity index (χ2n) is 5.41. The maximum atomic E-state index is 12.1. The molecular formula is C18H20N2O3. The summed E-state index contributed by atoms with van der Waals surface area (Å²) in [6, 6.07) is 10.8. The minimum Gasteiger partial charge on any atom is -0.497 e. The smallest absolute Gasteiger partial charge is 0.314 e. The Bertz CT molecular complexity index is 731. The third-order valence-corrected chi connectivity index (χ3v) is 3.45. The van der Waals surface area contributed by atoms with Crippen LogP contribution in [-0.2, 0) is 9.59 Å². The van der Waals surface area contributed by atoms with Gasteiger partial charge in [-0.15, -0.1) is 0 Å². The van der Waals surface area contributed by atoms with Gasteiger partial charge in [0.25, 0.3) is 0 Å². The maximum absolute atomic E-state index is 12.1. The van der Waals surface area contributed by atoms with E-state index in [1.165, 1.54) is 7.11 Å². The molecule has 0 unspecified atom stereocenters. The standard InChI is InChI=1S/C18H20N2O3/c1-11-8-12(2)16(13(3)9-11)20-18(22)17(21)19-14-6-5-7-15(10-14)23-4/h5-10H,1-4H3,(H,19,21)(H,20,22). The fourth-order valence-corrected chi connectivity index (χ4v) is 2.44. The number of methoxy groups -OCH3 is 1. The first-order valence-electron chi connectivity index (χ1n) is 7.25. The van der Waals surface area contributed by atoms with Crippen LogP contribution in [0.4, 0.5) is 11.4 Å². The molecule has 0 saturated carbocycles. The molecule has 0 radical (unpaired) electrons. The molecule has 5 nitrogen and oxygen atoms in total. The molecule has 2 aromatic carbocycles. The van der Waals surface area contributed by atoms with Gasteiger partial charge in [-0.1, -0.05) is 23.8 Å². The minimum atomic E-state index is -0.724. The molecule has 0 spiro atoms. The Morgan fingerprint density at radius 1 is 0.913 bits per heavy atom. The highest BCUT2D eigenvalue weighted by Crippen LogP contribution is 2.22. The lowest BCUT2D eigenvalue weighted by Crippen LogP contribution is -2.29. The number of hydrogen-bond donors (Lipinski definition) is 2. The van der Waals surface area contributed by atoms with Crippen molar-refractivity contribution in [3.63, 3.8) is 0 Å². The molecule has 0 bridgehead atoms. The second-order valence-corrected chi connectivity index (χ2v) is 5.41. The molecule has 0 atom stereocenters. The molecule has 0 aromatic heterocycles. The lowest BCUT2D eigenvalue weighted by molar-refractivity contribution is -0.133. The summed E-state index contributed by atoms with van der Waals surface area (Å²) < 4.78 is 5.08. The average Bonchev–Trinajstić information content (AvgIpc) is 2.50. The van der Waals surface area contributed by atoms with E-state index in [0.717, 1.165) is 16.7 Å². The normalized spacial score (nSPS) is 10.1. The molecule has 120 valence electrons. The summed E-state index contributed by atoms with van der Waals surface area (Å²) >= 11 is 0. The van der Waals surface area contributed by atoms with Crippen LogP contribution in [0.1, 0.15) is 16.7 Å². The van der Waals surface area contributed by atoms with Crippen molar-refractivity contribution in [2.45, 2.75) is 20.8 Å². The molecule has 2 aromatic rings.